The first kappa shape index (κ1) is 16.5. The molecule has 0 bridgehead atoms. The van der Waals surface area contributed by atoms with E-state index in [0.29, 0.717) is 13.1 Å². The van der Waals surface area contributed by atoms with Crippen molar-refractivity contribution in [2.45, 2.75) is 36.7 Å². The zero-order chi connectivity index (χ0) is 17.8. The Morgan fingerprint density at radius 2 is 1.92 bits per heavy atom. The third-order valence-electron chi connectivity index (χ3n) is 5.38. The van der Waals surface area contributed by atoms with Crippen LogP contribution in [0.25, 0.3) is 0 Å². The molecular weight excluding hydrogens is 347 g/mol. The van der Waals surface area contributed by atoms with Crippen LogP contribution in [-0.2, 0) is 14.8 Å². The Morgan fingerprint density at radius 3 is 2.56 bits per heavy atom. The summed E-state index contributed by atoms with van der Waals surface area (Å²) >= 11 is 0. The van der Waals surface area contributed by atoms with Crippen molar-refractivity contribution in [3.05, 3.63) is 42.4 Å². The molecule has 2 fully saturated rings. The third kappa shape index (κ3) is 2.55. The first-order valence-electron chi connectivity index (χ1n) is 8.23. The van der Waals surface area contributed by atoms with E-state index in [1.54, 1.807) is 4.90 Å². The van der Waals surface area contributed by atoms with Gasteiger partial charge in [-0.2, -0.15) is 4.31 Å². The van der Waals surface area contributed by atoms with Gasteiger partial charge < -0.3 is 4.74 Å². The van der Waals surface area contributed by atoms with E-state index in [9.17, 15) is 17.6 Å². The lowest BCUT2D eigenvalue weighted by atomic mass is 9.61. The minimum atomic E-state index is -3.80. The molecule has 134 valence electrons. The number of carbonyl (C=O) groups is 1. The number of halogens is 1. The van der Waals surface area contributed by atoms with Crippen LogP contribution in [0, 0.1) is 11.2 Å². The highest BCUT2D eigenvalue weighted by Gasteiger charge is 2.58. The molecule has 25 heavy (non-hydrogen) atoms. The van der Waals surface area contributed by atoms with Crippen LogP contribution in [0.1, 0.15) is 19.8 Å². The standard InChI is InChI=1S/C17H19FN2O4S/c1-12-6-7-24-16(21)20(12)13-8-17(9-13)10-19(11-17)25(22,23)15-5-3-2-4-14(15)18/h2-7,12-13H,8-11H2,1H3. The molecule has 0 aromatic heterocycles. The van der Waals surface area contributed by atoms with Crippen LogP contribution in [0.4, 0.5) is 9.18 Å². The zero-order valence-corrected chi connectivity index (χ0v) is 14.6. The quantitative estimate of drug-likeness (QED) is 0.824. The fourth-order valence-electron chi connectivity index (χ4n) is 4.07. The number of benzene rings is 1. The minimum Gasteiger partial charge on any atom is -0.418 e. The van der Waals surface area contributed by atoms with Crippen LogP contribution in [0.15, 0.2) is 41.5 Å². The van der Waals surface area contributed by atoms with E-state index >= 15 is 0 Å². The molecule has 1 amide bonds. The number of rotatable bonds is 3. The zero-order valence-electron chi connectivity index (χ0n) is 13.8. The molecule has 8 heteroatoms. The van der Waals surface area contributed by atoms with E-state index in [1.807, 2.05) is 13.0 Å². The van der Waals surface area contributed by atoms with Gasteiger partial charge in [0.2, 0.25) is 10.0 Å². The summed E-state index contributed by atoms with van der Waals surface area (Å²) in [6.07, 6.45) is 4.35. The van der Waals surface area contributed by atoms with Gasteiger partial charge in [-0.25, -0.2) is 17.6 Å². The topological polar surface area (TPSA) is 66.9 Å². The number of hydrogen-bond acceptors (Lipinski definition) is 4. The predicted octanol–water partition coefficient (Wildman–Crippen LogP) is 2.33. The molecule has 1 aliphatic carbocycles. The normalized spacial score (nSPS) is 26.2. The van der Waals surface area contributed by atoms with Gasteiger partial charge in [-0.15, -0.1) is 0 Å². The Bertz CT molecular complexity index is 840. The minimum absolute atomic E-state index is 0.0260. The lowest BCUT2D eigenvalue weighted by Crippen LogP contribution is -2.68. The van der Waals surface area contributed by atoms with E-state index in [0.717, 1.165) is 18.9 Å². The van der Waals surface area contributed by atoms with Gasteiger partial charge in [-0.05, 0) is 38.0 Å². The van der Waals surface area contributed by atoms with Gasteiger partial charge in [0.1, 0.15) is 10.7 Å². The number of hydrogen-bond donors (Lipinski definition) is 0. The van der Waals surface area contributed by atoms with E-state index in [4.69, 9.17) is 4.74 Å². The Balaban J connectivity index is 1.41. The fraction of sp³-hybridized carbons (Fsp3) is 0.471. The van der Waals surface area contributed by atoms with Gasteiger partial charge in [0.15, 0.2) is 0 Å². The van der Waals surface area contributed by atoms with Gasteiger partial charge in [-0.1, -0.05) is 12.1 Å². The average molecular weight is 366 g/mol. The molecule has 4 rings (SSSR count). The van der Waals surface area contributed by atoms with Gasteiger partial charge in [0.05, 0.1) is 12.3 Å². The molecule has 0 radical (unpaired) electrons. The van der Waals surface area contributed by atoms with Crippen molar-refractivity contribution >= 4 is 16.1 Å². The second kappa shape index (κ2) is 5.54. The van der Waals surface area contributed by atoms with Crippen LogP contribution in [0.5, 0.6) is 0 Å². The summed E-state index contributed by atoms with van der Waals surface area (Å²) in [5, 5.41) is 0. The summed E-state index contributed by atoms with van der Waals surface area (Å²) in [5.41, 5.74) is -0.107. The van der Waals surface area contributed by atoms with Gasteiger partial charge >= 0.3 is 6.09 Å². The summed E-state index contributed by atoms with van der Waals surface area (Å²) in [5.74, 6) is -0.730. The van der Waals surface area contributed by atoms with Crippen LogP contribution in [-0.4, -0.2) is 48.9 Å². The lowest BCUT2D eigenvalue weighted by Gasteiger charge is -2.60. The highest BCUT2D eigenvalue weighted by atomic mass is 32.2. The van der Waals surface area contributed by atoms with Crippen molar-refractivity contribution in [1.82, 2.24) is 9.21 Å². The Labute approximate surface area is 145 Å². The van der Waals surface area contributed by atoms with Crippen molar-refractivity contribution in [2.24, 2.45) is 5.41 Å². The van der Waals surface area contributed by atoms with Crippen LogP contribution in [0.3, 0.4) is 0 Å². The number of ether oxygens (including phenoxy) is 1. The monoisotopic (exact) mass is 366 g/mol. The summed E-state index contributed by atoms with van der Waals surface area (Å²) < 4.78 is 45.2. The van der Waals surface area contributed by atoms with E-state index < -0.39 is 15.8 Å². The van der Waals surface area contributed by atoms with Gasteiger partial charge in [-0.3, -0.25) is 4.90 Å². The molecule has 1 aromatic rings. The molecule has 1 saturated carbocycles. The highest BCUT2D eigenvalue weighted by molar-refractivity contribution is 7.89. The number of amides is 1. The van der Waals surface area contributed by atoms with Crippen molar-refractivity contribution in [1.29, 1.82) is 0 Å². The Morgan fingerprint density at radius 1 is 1.24 bits per heavy atom. The third-order valence-corrected chi connectivity index (χ3v) is 7.21. The Kier molecular flexibility index (Phi) is 3.66. The molecule has 1 atom stereocenters. The van der Waals surface area contributed by atoms with E-state index in [1.165, 1.54) is 28.8 Å². The summed E-state index contributed by atoms with van der Waals surface area (Å²) in [6.45, 7) is 2.66. The fourth-order valence-corrected chi connectivity index (χ4v) is 5.80. The first-order chi connectivity index (χ1) is 11.8. The van der Waals surface area contributed by atoms with Crippen molar-refractivity contribution in [2.75, 3.05) is 13.1 Å². The van der Waals surface area contributed by atoms with Crippen LogP contribution < -0.4 is 0 Å². The molecule has 1 aromatic carbocycles. The first-order valence-corrected chi connectivity index (χ1v) is 9.67. The second-order valence-electron chi connectivity index (χ2n) is 7.13. The van der Waals surface area contributed by atoms with Crippen LogP contribution in [0.2, 0.25) is 0 Å². The Hall–Kier alpha value is -1.93. The average Bonchev–Trinajstić information content (AvgIpc) is 2.47. The molecule has 2 heterocycles. The molecule has 1 saturated heterocycles. The van der Waals surface area contributed by atoms with Gasteiger partial charge in [0, 0.05) is 24.5 Å². The summed E-state index contributed by atoms with van der Waals surface area (Å²) in [7, 11) is -3.80. The molecule has 6 nitrogen and oxygen atoms in total. The SMILES string of the molecule is CC1C=COC(=O)N1C1CC2(C1)CN(S(=O)(=O)c1ccccc1F)C2. The second-order valence-corrected chi connectivity index (χ2v) is 9.03. The molecule has 1 unspecified atom stereocenters. The van der Waals surface area contributed by atoms with Crippen molar-refractivity contribution in [3.8, 4) is 0 Å². The maximum absolute atomic E-state index is 13.8. The number of carbonyl (C=O) groups excluding carboxylic acids is 1. The van der Waals surface area contributed by atoms with Gasteiger partial charge in [0.25, 0.3) is 0 Å². The number of nitrogens with zero attached hydrogens (tertiary/aromatic N) is 2. The summed E-state index contributed by atoms with van der Waals surface area (Å²) in [4.78, 5) is 13.3. The molecule has 0 N–H and O–H groups in total. The lowest BCUT2D eigenvalue weighted by molar-refractivity contribution is -0.0750. The molecule has 3 aliphatic rings. The predicted molar refractivity (Wildman–Crippen MR) is 87.5 cm³/mol. The largest absolute Gasteiger partial charge is 0.418 e. The maximum Gasteiger partial charge on any atom is 0.415 e. The van der Waals surface area contributed by atoms with Crippen molar-refractivity contribution in [3.63, 3.8) is 0 Å². The highest BCUT2D eigenvalue weighted by Crippen LogP contribution is 2.52. The molecule has 2 aliphatic heterocycles. The number of sulfonamides is 1. The maximum atomic E-state index is 13.8. The van der Waals surface area contributed by atoms with Crippen molar-refractivity contribution < 1.29 is 22.3 Å². The molecular formula is C17H19FN2O4S. The van der Waals surface area contributed by atoms with E-state index in [2.05, 4.69) is 0 Å². The number of cyclic esters (lactones) is 1. The smallest absolute Gasteiger partial charge is 0.415 e. The summed E-state index contributed by atoms with van der Waals surface area (Å²) in [6, 6.07) is 5.46. The van der Waals surface area contributed by atoms with Crippen LogP contribution >= 0.6 is 0 Å². The molecule has 1 spiro atoms. The van der Waals surface area contributed by atoms with E-state index in [-0.39, 0.29) is 28.5 Å².